The highest BCUT2D eigenvalue weighted by atomic mass is 19.3. The maximum atomic E-state index is 12.2. The quantitative estimate of drug-likeness (QED) is 0.275. The summed E-state index contributed by atoms with van der Waals surface area (Å²) in [4.78, 5) is 4.35. The van der Waals surface area contributed by atoms with Crippen LogP contribution in [0.5, 0.6) is 11.5 Å². The van der Waals surface area contributed by atoms with Crippen molar-refractivity contribution in [1.29, 1.82) is 0 Å². The highest BCUT2D eigenvalue weighted by Gasteiger charge is 2.05. The summed E-state index contributed by atoms with van der Waals surface area (Å²) in [6, 6.07) is 13.9. The summed E-state index contributed by atoms with van der Waals surface area (Å²) in [7, 11) is 0. The molecule has 0 amide bonds. The average molecular weight is 468 g/mol. The molecule has 0 radical (unpaired) electrons. The van der Waals surface area contributed by atoms with Crippen LogP contribution in [-0.4, -0.2) is 33.2 Å². The van der Waals surface area contributed by atoms with E-state index in [4.69, 9.17) is 13.9 Å². The second kappa shape index (κ2) is 11.7. The fourth-order valence-electron chi connectivity index (χ4n) is 2.93. The molecule has 4 aromatic rings. The Morgan fingerprint density at radius 1 is 0.971 bits per heavy atom. The summed E-state index contributed by atoms with van der Waals surface area (Å²) in [5, 5.41) is 7.63. The lowest BCUT2D eigenvalue weighted by Gasteiger charge is -2.07. The molecule has 0 unspecified atom stereocenters. The number of benzene rings is 2. The molecule has 0 bridgehead atoms. The molecule has 0 aliphatic rings. The van der Waals surface area contributed by atoms with Gasteiger partial charge >= 0.3 is 6.61 Å². The van der Waals surface area contributed by atoms with Crippen LogP contribution in [0.15, 0.2) is 71.6 Å². The third kappa shape index (κ3) is 7.24. The van der Waals surface area contributed by atoms with E-state index in [1.165, 1.54) is 18.4 Å². The first-order valence-corrected chi connectivity index (χ1v) is 10.4. The molecule has 0 N–H and O–H groups in total. The molecule has 4 rings (SSSR count). The lowest BCUT2D eigenvalue weighted by molar-refractivity contribution is -0.0498. The van der Waals surface area contributed by atoms with Gasteiger partial charge in [0.2, 0.25) is 5.89 Å². The van der Waals surface area contributed by atoms with Crippen LogP contribution in [0.4, 0.5) is 8.78 Å². The predicted molar refractivity (Wildman–Crippen MR) is 119 cm³/mol. The van der Waals surface area contributed by atoms with E-state index < -0.39 is 6.61 Å². The van der Waals surface area contributed by atoms with E-state index in [-0.39, 0.29) is 12.4 Å². The van der Waals surface area contributed by atoms with Crippen molar-refractivity contribution < 1.29 is 27.4 Å². The van der Waals surface area contributed by atoms with Crippen LogP contribution in [0, 0.1) is 0 Å². The van der Waals surface area contributed by atoms with Crippen molar-refractivity contribution in [3.05, 3.63) is 89.9 Å². The van der Waals surface area contributed by atoms with Gasteiger partial charge in [-0.25, -0.2) is 4.98 Å². The molecule has 8 nitrogen and oxygen atoms in total. The topological polar surface area (TPSA) is 84.4 Å². The van der Waals surface area contributed by atoms with E-state index in [2.05, 4.69) is 20.0 Å². The van der Waals surface area contributed by atoms with Crippen LogP contribution in [0.1, 0.15) is 22.7 Å². The molecule has 0 saturated carbocycles. The lowest BCUT2D eigenvalue weighted by Crippen LogP contribution is -2.06. The SMILES string of the molecule is FC(F)Oc1ccc(/C=C/c2nc(COc3ccc(COCCn4ccnn4)cc3)co2)cc1. The van der Waals surface area contributed by atoms with E-state index in [1.54, 1.807) is 41.4 Å². The molecule has 0 aliphatic heterocycles. The number of rotatable bonds is 12. The molecule has 0 atom stereocenters. The van der Waals surface area contributed by atoms with Gasteiger partial charge in [0, 0.05) is 12.3 Å². The summed E-state index contributed by atoms with van der Waals surface area (Å²) in [6.07, 6.45) is 8.39. The maximum absolute atomic E-state index is 12.2. The minimum absolute atomic E-state index is 0.103. The number of nitrogens with zero attached hydrogens (tertiary/aromatic N) is 4. The van der Waals surface area contributed by atoms with Crippen molar-refractivity contribution in [3.8, 4) is 11.5 Å². The van der Waals surface area contributed by atoms with E-state index in [0.29, 0.717) is 37.1 Å². The molecule has 2 aromatic carbocycles. The Morgan fingerprint density at radius 3 is 2.50 bits per heavy atom. The monoisotopic (exact) mass is 468 g/mol. The summed E-state index contributed by atoms with van der Waals surface area (Å²) in [6.45, 7) is -0.898. The second-order valence-corrected chi connectivity index (χ2v) is 7.11. The standard InChI is InChI=1S/C24H22F2N4O4/c25-24(26)34-22-8-1-18(2-9-22)5-10-23-28-20(17-33-23)16-32-21-6-3-19(4-7-21)15-31-14-13-30-12-11-27-29-30/h1-12,17,24H,13-16H2/b10-5+. The van der Waals surface area contributed by atoms with E-state index >= 15 is 0 Å². The molecular formula is C24H22F2N4O4. The van der Waals surface area contributed by atoms with Gasteiger partial charge < -0.3 is 18.6 Å². The Bertz CT molecular complexity index is 1160. The van der Waals surface area contributed by atoms with E-state index in [9.17, 15) is 8.78 Å². The third-order valence-electron chi connectivity index (χ3n) is 4.61. The van der Waals surface area contributed by atoms with Crippen molar-refractivity contribution in [2.75, 3.05) is 6.61 Å². The Balaban J connectivity index is 1.20. The van der Waals surface area contributed by atoms with Crippen molar-refractivity contribution in [1.82, 2.24) is 20.0 Å². The Morgan fingerprint density at radius 2 is 1.76 bits per heavy atom. The summed E-state index contributed by atoms with van der Waals surface area (Å²) < 4.78 is 47.3. The highest BCUT2D eigenvalue weighted by Crippen LogP contribution is 2.18. The molecule has 2 aromatic heterocycles. The molecule has 0 aliphatic carbocycles. The molecule has 2 heterocycles. The number of ether oxygens (including phenoxy) is 3. The first kappa shape index (κ1) is 23.1. The second-order valence-electron chi connectivity index (χ2n) is 7.11. The van der Waals surface area contributed by atoms with Gasteiger partial charge in [0.15, 0.2) is 0 Å². The molecule has 10 heteroatoms. The van der Waals surface area contributed by atoms with Gasteiger partial charge in [-0.15, -0.1) is 5.10 Å². The van der Waals surface area contributed by atoms with Crippen molar-refractivity contribution in [3.63, 3.8) is 0 Å². The van der Waals surface area contributed by atoms with E-state index in [0.717, 1.165) is 11.1 Å². The zero-order valence-electron chi connectivity index (χ0n) is 18.1. The predicted octanol–water partition coefficient (Wildman–Crippen LogP) is 4.83. The van der Waals surface area contributed by atoms with Crippen LogP contribution in [0.3, 0.4) is 0 Å². The molecule has 34 heavy (non-hydrogen) atoms. The van der Waals surface area contributed by atoms with Crippen LogP contribution < -0.4 is 9.47 Å². The van der Waals surface area contributed by atoms with E-state index in [1.807, 2.05) is 24.3 Å². The number of aromatic nitrogens is 4. The zero-order chi connectivity index (χ0) is 23.6. The average Bonchev–Trinajstić information content (AvgIpc) is 3.53. The first-order chi connectivity index (χ1) is 16.6. The fourth-order valence-corrected chi connectivity index (χ4v) is 2.93. The number of alkyl halides is 2. The number of hydrogen-bond donors (Lipinski definition) is 0. The van der Waals surface area contributed by atoms with Gasteiger partial charge in [-0.3, -0.25) is 4.68 Å². The third-order valence-corrected chi connectivity index (χ3v) is 4.61. The normalized spacial score (nSPS) is 11.4. The molecule has 176 valence electrons. The summed E-state index contributed by atoms with van der Waals surface area (Å²) in [5.74, 6) is 1.22. The summed E-state index contributed by atoms with van der Waals surface area (Å²) in [5.41, 5.74) is 2.47. The van der Waals surface area contributed by atoms with Gasteiger partial charge in [0.1, 0.15) is 30.1 Å². The van der Waals surface area contributed by atoms with Crippen LogP contribution in [0.2, 0.25) is 0 Å². The van der Waals surface area contributed by atoms with Gasteiger partial charge in [-0.05, 0) is 41.5 Å². The zero-order valence-corrected chi connectivity index (χ0v) is 18.1. The number of oxazole rings is 1. The first-order valence-electron chi connectivity index (χ1n) is 10.4. The highest BCUT2D eigenvalue weighted by molar-refractivity contribution is 5.66. The van der Waals surface area contributed by atoms with Crippen LogP contribution in [-0.2, 0) is 24.5 Å². The Kier molecular flexibility index (Phi) is 7.96. The van der Waals surface area contributed by atoms with Gasteiger partial charge in [-0.2, -0.15) is 8.78 Å². The number of halogens is 2. The van der Waals surface area contributed by atoms with Gasteiger partial charge in [0.25, 0.3) is 0 Å². The van der Waals surface area contributed by atoms with Crippen LogP contribution >= 0.6 is 0 Å². The largest absolute Gasteiger partial charge is 0.487 e. The number of hydrogen-bond acceptors (Lipinski definition) is 7. The van der Waals surface area contributed by atoms with Gasteiger partial charge in [0.05, 0.1) is 26.0 Å². The Hall–Kier alpha value is -4.05. The smallest absolute Gasteiger partial charge is 0.387 e. The van der Waals surface area contributed by atoms with Crippen molar-refractivity contribution >= 4 is 12.2 Å². The van der Waals surface area contributed by atoms with Crippen molar-refractivity contribution in [2.45, 2.75) is 26.4 Å². The van der Waals surface area contributed by atoms with Crippen molar-refractivity contribution in [2.24, 2.45) is 0 Å². The fraction of sp³-hybridized carbons (Fsp3) is 0.208. The molecule has 0 saturated heterocycles. The molecule has 0 spiro atoms. The molecular weight excluding hydrogens is 446 g/mol. The summed E-state index contributed by atoms with van der Waals surface area (Å²) >= 11 is 0. The van der Waals surface area contributed by atoms with Crippen LogP contribution in [0.25, 0.3) is 12.2 Å². The molecule has 0 fully saturated rings. The lowest BCUT2D eigenvalue weighted by atomic mass is 10.2. The van der Waals surface area contributed by atoms with Gasteiger partial charge in [-0.1, -0.05) is 29.5 Å². The maximum Gasteiger partial charge on any atom is 0.387 e. The minimum Gasteiger partial charge on any atom is -0.487 e. The Labute approximate surface area is 194 Å². The minimum atomic E-state index is -2.84.